The van der Waals surface area contributed by atoms with Crippen molar-refractivity contribution in [3.8, 4) is 5.75 Å². The fourth-order valence-electron chi connectivity index (χ4n) is 2.68. The van der Waals surface area contributed by atoms with Gasteiger partial charge in [0, 0.05) is 19.2 Å². The zero-order chi connectivity index (χ0) is 22.8. The van der Waals surface area contributed by atoms with Gasteiger partial charge < -0.3 is 4.74 Å². The fourth-order valence-corrected chi connectivity index (χ4v) is 4.12. The molecule has 0 unspecified atom stereocenters. The van der Waals surface area contributed by atoms with Gasteiger partial charge in [0.05, 0.1) is 26.1 Å². The van der Waals surface area contributed by atoms with Gasteiger partial charge in [0.25, 0.3) is 15.7 Å². The third-order valence-electron chi connectivity index (χ3n) is 4.47. The molecule has 0 bridgehead atoms. The summed E-state index contributed by atoms with van der Waals surface area (Å²) in [6.07, 6.45) is 0. The quantitative estimate of drug-likeness (QED) is 0.230. The van der Waals surface area contributed by atoms with Gasteiger partial charge in [-0.25, -0.2) is 13.2 Å². The zero-order valence-corrected chi connectivity index (χ0v) is 18.1. The van der Waals surface area contributed by atoms with Gasteiger partial charge in [-0.15, -0.1) is 0 Å². The van der Waals surface area contributed by atoms with Crippen molar-refractivity contribution in [1.82, 2.24) is 0 Å². The van der Waals surface area contributed by atoms with Crippen LogP contribution in [0.4, 0.5) is 11.4 Å². The Balaban J connectivity index is 1.76. The summed E-state index contributed by atoms with van der Waals surface area (Å²) in [5.74, 6) is -0.641. The molecule has 0 aliphatic carbocycles. The number of esters is 1. The second-order valence-corrected chi connectivity index (χ2v) is 8.97. The molecule has 0 radical (unpaired) electrons. The van der Waals surface area contributed by atoms with Crippen LogP contribution in [0.3, 0.4) is 0 Å². The summed E-state index contributed by atoms with van der Waals surface area (Å²) in [5.41, 5.74) is 1.04. The number of nitro groups is 1. The normalized spacial score (nSPS) is 11.1. The lowest BCUT2D eigenvalue weighted by molar-refractivity contribution is -0.384. The number of non-ortho nitro benzene ring substituents is 1. The number of hydrogen-bond acceptors (Lipinski definition) is 6. The van der Waals surface area contributed by atoms with E-state index in [1.165, 1.54) is 49.5 Å². The van der Waals surface area contributed by atoms with Gasteiger partial charge in [-0.2, -0.15) is 0 Å². The standard InChI is InChI=1S/C21H17ClN2O6S/c1-14-3-10-18(11-4-14)31(28,29)23(2)15-5-8-17(9-6-15)30-21(25)19-12-7-16(24(26)27)13-20(19)22/h3-13H,1-2H3. The van der Waals surface area contributed by atoms with Gasteiger partial charge in [-0.1, -0.05) is 29.3 Å². The molecule has 8 nitrogen and oxygen atoms in total. The van der Waals surface area contributed by atoms with E-state index in [4.69, 9.17) is 16.3 Å². The number of rotatable bonds is 6. The smallest absolute Gasteiger partial charge is 0.345 e. The van der Waals surface area contributed by atoms with Gasteiger partial charge >= 0.3 is 5.97 Å². The number of carbonyl (C=O) groups is 1. The van der Waals surface area contributed by atoms with Crippen LogP contribution >= 0.6 is 11.6 Å². The highest BCUT2D eigenvalue weighted by atomic mass is 35.5. The highest BCUT2D eigenvalue weighted by Crippen LogP contribution is 2.27. The largest absolute Gasteiger partial charge is 0.423 e. The van der Waals surface area contributed by atoms with Crippen molar-refractivity contribution in [3.63, 3.8) is 0 Å². The molecule has 0 saturated heterocycles. The number of benzene rings is 3. The molecule has 3 aromatic carbocycles. The Hall–Kier alpha value is -3.43. The lowest BCUT2D eigenvalue weighted by Gasteiger charge is -2.20. The molecule has 0 spiro atoms. The maximum Gasteiger partial charge on any atom is 0.345 e. The van der Waals surface area contributed by atoms with Crippen molar-refractivity contribution in [2.24, 2.45) is 0 Å². The van der Waals surface area contributed by atoms with E-state index < -0.39 is 20.9 Å². The Labute approximate surface area is 183 Å². The van der Waals surface area contributed by atoms with E-state index in [9.17, 15) is 23.3 Å². The predicted octanol–water partition coefficient (Wildman–Crippen LogP) is 4.60. The average molecular weight is 461 g/mol. The van der Waals surface area contributed by atoms with Crippen LogP contribution in [-0.2, 0) is 10.0 Å². The minimum atomic E-state index is -3.75. The first-order valence-electron chi connectivity index (χ1n) is 8.91. The molecule has 0 heterocycles. The molecule has 160 valence electrons. The lowest BCUT2D eigenvalue weighted by atomic mass is 10.2. The van der Waals surface area contributed by atoms with Crippen LogP contribution in [0.1, 0.15) is 15.9 Å². The number of sulfonamides is 1. The van der Waals surface area contributed by atoms with Crippen LogP contribution in [0.15, 0.2) is 71.6 Å². The minimum Gasteiger partial charge on any atom is -0.423 e. The Bertz CT molecular complexity index is 1240. The maximum atomic E-state index is 12.8. The summed E-state index contributed by atoms with van der Waals surface area (Å²) < 4.78 is 31.9. The molecule has 0 aliphatic heterocycles. The fraction of sp³-hybridized carbons (Fsp3) is 0.0952. The lowest BCUT2D eigenvalue weighted by Crippen LogP contribution is -2.26. The van der Waals surface area contributed by atoms with Gasteiger partial charge in [0.2, 0.25) is 0 Å². The van der Waals surface area contributed by atoms with E-state index in [2.05, 4.69) is 0 Å². The number of halogens is 1. The molecular weight excluding hydrogens is 444 g/mol. The predicted molar refractivity (Wildman–Crippen MR) is 116 cm³/mol. The molecule has 10 heteroatoms. The summed E-state index contributed by atoms with van der Waals surface area (Å²) >= 11 is 5.94. The van der Waals surface area contributed by atoms with Crippen molar-refractivity contribution in [2.75, 3.05) is 11.4 Å². The highest BCUT2D eigenvalue weighted by Gasteiger charge is 2.21. The molecule has 3 rings (SSSR count). The van der Waals surface area contributed by atoms with E-state index in [-0.39, 0.29) is 26.9 Å². The third kappa shape index (κ3) is 4.84. The second kappa shape index (κ2) is 8.75. The topological polar surface area (TPSA) is 107 Å². The molecule has 0 amide bonds. The monoisotopic (exact) mass is 460 g/mol. The summed E-state index contributed by atoms with van der Waals surface area (Å²) in [4.78, 5) is 22.6. The minimum absolute atomic E-state index is 0.0320. The molecule has 0 fully saturated rings. The Morgan fingerprint density at radius 1 is 1.03 bits per heavy atom. The molecule has 0 atom stereocenters. The molecule has 0 saturated carbocycles. The van der Waals surface area contributed by atoms with Gasteiger partial charge in [0.15, 0.2) is 0 Å². The first-order valence-corrected chi connectivity index (χ1v) is 10.7. The number of aryl methyl sites for hydroxylation is 1. The van der Waals surface area contributed by atoms with Crippen molar-refractivity contribution >= 4 is 39.0 Å². The molecule has 31 heavy (non-hydrogen) atoms. The summed E-state index contributed by atoms with van der Waals surface area (Å²) in [6, 6.07) is 15.8. The molecule has 0 aromatic heterocycles. The number of carbonyl (C=O) groups excluding carboxylic acids is 1. The average Bonchev–Trinajstić information content (AvgIpc) is 2.73. The second-order valence-electron chi connectivity index (χ2n) is 6.59. The molecule has 0 aliphatic rings. The van der Waals surface area contributed by atoms with E-state index in [1.807, 2.05) is 6.92 Å². The van der Waals surface area contributed by atoms with Crippen LogP contribution in [0.5, 0.6) is 5.75 Å². The van der Waals surface area contributed by atoms with Crippen LogP contribution < -0.4 is 9.04 Å². The molecule has 0 N–H and O–H groups in total. The van der Waals surface area contributed by atoms with Gasteiger partial charge in [-0.05, 0) is 49.4 Å². The summed E-state index contributed by atoms with van der Waals surface area (Å²) in [7, 11) is -2.33. The van der Waals surface area contributed by atoms with E-state index >= 15 is 0 Å². The van der Waals surface area contributed by atoms with E-state index in [1.54, 1.807) is 12.1 Å². The molecule has 3 aromatic rings. The maximum absolute atomic E-state index is 12.8. The van der Waals surface area contributed by atoms with E-state index in [0.717, 1.165) is 22.0 Å². The third-order valence-corrected chi connectivity index (χ3v) is 6.59. The zero-order valence-electron chi connectivity index (χ0n) is 16.5. The first-order chi connectivity index (χ1) is 14.6. The van der Waals surface area contributed by atoms with Crippen molar-refractivity contribution in [2.45, 2.75) is 11.8 Å². The van der Waals surface area contributed by atoms with Crippen LogP contribution in [-0.4, -0.2) is 26.4 Å². The van der Waals surface area contributed by atoms with Crippen molar-refractivity contribution in [3.05, 3.63) is 93.0 Å². The first kappa shape index (κ1) is 22.3. The summed E-state index contributed by atoms with van der Waals surface area (Å²) in [5, 5.41) is 10.7. The van der Waals surface area contributed by atoms with Gasteiger partial charge in [0.1, 0.15) is 5.75 Å². The Morgan fingerprint density at radius 3 is 2.19 bits per heavy atom. The number of hydrogen-bond donors (Lipinski definition) is 0. The van der Waals surface area contributed by atoms with Crippen molar-refractivity contribution in [1.29, 1.82) is 0 Å². The van der Waals surface area contributed by atoms with Crippen molar-refractivity contribution < 1.29 is 22.9 Å². The van der Waals surface area contributed by atoms with Crippen LogP contribution in [0.25, 0.3) is 0 Å². The molecular formula is C21H17ClN2O6S. The van der Waals surface area contributed by atoms with Gasteiger partial charge in [-0.3, -0.25) is 14.4 Å². The van der Waals surface area contributed by atoms with Crippen LogP contribution in [0.2, 0.25) is 5.02 Å². The number of ether oxygens (including phenoxy) is 1. The van der Waals surface area contributed by atoms with Crippen LogP contribution in [0, 0.1) is 17.0 Å². The highest BCUT2D eigenvalue weighted by molar-refractivity contribution is 7.92. The number of nitrogens with zero attached hydrogens (tertiary/aromatic N) is 2. The Morgan fingerprint density at radius 2 is 1.65 bits per heavy atom. The SMILES string of the molecule is Cc1ccc(S(=O)(=O)N(C)c2ccc(OC(=O)c3ccc([N+](=O)[O-])cc3Cl)cc2)cc1. The number of anilines is 1. The summed E-state index contributed by atoms with van der Waals surface area (Å²) in [6.45, 7) is 1.87. The van der Waals surface area contributed by atoms with E-state index in [0.29, 0.717) is 5.69 Å². The Kier molecular flexibility index (Phi) is 6.28. The number of nitro benzene ring substituents is 1.